The number of Topliss-reactive ketones (excluding diaryl/α,β-unsaturated/α-hetero) is 1. The second-order valence-corrected chi connectivity index (χ2v) is 8.68. The Morgan fingerprint density at radius 1 is 1.11 bits per heavy atom. The predicted octanol–water partition coefficient (Wildman–Crippen LogP) is 2.78. The molecular weight excluding hydrogens is 344 g/mol. The van der Waals surface area contributed by atoms with E-state index in [4.69, 9.17) is 4.98 Å². The highest BCUT2D eigenvalue weighted by molar-refractivity contribution is 5.75. The summed E-state index contributed by atoms with van der Waals surface area (Å²) >= 11 is 0. The van der Waals surface area contributed by atoms with Crippen molar-refractivity contribution in [2.45, 2.75) is 83.6 Å². The fourth-order valence-corrected chi connectivity index (χ4v) is 5.16. The maximum atomic E-state index is 12.3. The number of carbonyl (C=O) groups is 1. The molecule has 0 aliphatic heterocycles. The smallest absolute Gasteiger partial charge is 0.330 e. The maximum Gasteiger partial charge on any atom is 0.330 e. The zero-order valence-corrected chi connectivity index (χ0v) is 16.2. The number of aromatic amines is 2. The molecule has 7 heteroatoms. The van der Waals surface area contributed by atoms with Crippen molar-refractivity contribution in [2.75, 3.05) is 0 Å². The fourth-order valence-electron chi connectivity index (χ4n) is 5.16. The number of fused-ring (bicyclic) bond motifs is 4. The highest BCUT2D eigenvalue weighted by Gasteiger charge is 2.50. The SMILES string of the molecule is CCCn1c(=O)[nH]c(=O)c2[nH]c(C34CCC(CCC(C)=O)(CC3)CC4)nc21. The van der Waals surface area contributed by atoms with Crippen molar-refractivity contribution in [3.63, 3.8) is 0 Å². The summed E-state index contributed by atoms with van der Waals surface area (Å²) in [6.45, 7) is 4.21. The molecule has 3 aliphatic rings. The van der Waals surface area contributed by atoms with Gasteiger partial charge in [0.25, 0.3) is 5.56 Å². The van der Waals surface area contributed by atoms with Crippen molar-refractivity contribution in [2.24, 2.45) is 5.41 Å². The molecular formula is C20H28N4O3. The van der Waals surface area contributed by atoms with Crippen LogP contribution in [0.4, 0.5) is 0 Å². The van der Waals surface area contributed by atoms with Crippen LogP contribution in [0.15, 0.2) is 9.59 Å². The number of ketones is 1. The molecule has 3 aliphatic carbocycles. The van der Waals surface area contributed by atoms with Gasteiger partial charge in [-0.05, 0) is 63.7 Å². The molecule has 3 fully saturated rings. The van der Waals surface area contributed by atoms with E-state index in [2.05, 4.69) is 9.97 Å². The molecule has 146 valence electrons. The lowest BCUT2D eigenvalue weighted by molar-refractivity contribution is -0.118. The maximum absolute atomic E-state index is 12.3. The number of hydrogen-bond donors (Lipinski definition) is 2. The highest BCUT2D eigenvalue weighted by atomic mass is 16.2. The number of imidazole rings is 1. The molecule has 2 aromatic rings. The standard InChI is InChI=1S/C20H28N4O3/c1-3-12-24-15-14(16(26)23-18(24)27)21-17(22-15)20-9-6-19(7-10-20,8-11-20)5-4-13(2)25/h3-12H2,1-2H3,(H,21,22)(H,23,26,27). The summed E-state index contributed by atoms with van der Waals surface area (Å²) in [5.74, 6) is 1.13. The molecule has 0 unspecified atom stereocenters. The Morgan fingerprint density at radius 2 is 1.78 bits per heavy atom. The second kappa shape index (κ2) is 6.46. The number of aromatic nitrogens is 4. The van der Waals surface area contributed by atoms with Gasteiger partial charge in [0.1, 0.15) is 17.1 Å². The van der Waals surface area contributed by atoms with Crippen LogP contribution in [-0.2, 0) is 16.8 Å². The number of hydrogen-bond acceptors (Lipinski definition) is 4. The summed E-state index contributed by atoms with van der Waals surface area (Å²) in [7, 11) is 0. The minimum atomic E-state index is -0.389. The van der Waals surface area contributed by atoms with Crippen LogP contribution in [0.2, 0.25) is 0 Å². The van der Waals surface area contributed by atoms with Crippen molar-refractivity contribution in [3.8, 4) is 0 Å². The third-order valence-corrected chi connectivity index (χ3v) is 6.99. The molecule has 0 amide bonds. The average molecular weight is 372 g/mol. The number of rotatable bonds is 6. The van der Waals surface area contributed by atoms with Crippen molar-refractivity contribution >= 4 is 16.9 Å². The first-order chi connectivity index (χ1) is 12.9. The van der Waals surface area contributed by atoms with Crippen molar-refractivity contribution in [1.29, 1.82) is 0 Å². The lowest BCUT2D eigenvalue weighted by atomic mass is 9.52. The first-order valence-electron chi connectivity index (χ1n) is 10.1. The van der Waals surface area contributed by atoms with Crippen LogP contribution in [0.1, 0.15) is 77.5 Å². The van der Waals surface area contributed by atoms with Gasteiger partial charge in [-0.3, -0.25) is 14.3 Å². The summed E-state index contributed by atoms with van der Waals surface area (Å²) in [5, 5.41) is 0. The van der Waals surface area contributed by atoms with E-state index >= 15 is 0 Å². The predicted molar refractivity (Wildman–Crippen MR) is 103 cm³/mol. The van der Waals surface area contributed by atoms with Gasteiger partial charge >= 0.3 is 5.69 Å². The largest absolute Gasteiger partial charge is 0.336 e. The van der Waals surface area contributed by atoms with Gasteiger partial charge in [-0.1, -0.05) is 6.92 Å². The Balaban J connectivity index is 1.67. The van der Waals surface area contributed by atoms with Crippen LogP contribution in [0.5, 0.6) is 0 Å². The average Bonchev–Trinajstić information content (AvgIpc) is 3.12. The fraction of sp³-hybridized carbons (Fsp3) is 0.700. The molecule has 2 N–H and O–H groups in total. The van der Waals surface area contributed by atoms with Crippen LogP contribution in [0.3, 0.4) is 0 Å². The van der Waals surface area contributed by atoms with Crippen molar-refractivity contribution < 1.29 is 4.79 Å². The number of H-pyrrole nitrogens is 2. The molecule has 2 heterocycles. The summed E-state index contributed by atoms with van der Waals surface area (Å²) < 4.78 is 1.57. The van der Waals surface area contributed by atoms with E-state index in [-0.39, 0.29) is 22.4 Å². The molecule has 27 heavy (non-hydrogen) atoms. The third kappa shape index (κ3) is 2.97. The molecule has 2 bridgehead atoms. The Kier molecular flexibility index (Phi) is 4.35. The molecule has 5 rings (SSSR count). The van der Waals surface area contributed by atoms with Crippen LogP contribution >= 0.6 is 0 Å². The van der Waals surface area contributed by atoms with Crippen LogP contribution in [0, 0.1) is 5.41 Å². The summed E-state index contributed by atoms with van der Waals surface area (Å²) in [4.78, 5) is 46.3. The number of aryl methyl sites for hydroxylation is 1. The molecule has 0 aromatic carbocycles. The van der Waals surface area contributed by atoms with Gasteiger partial charge in [0.15, 0.2) is 5.65 Å². The second-order valence-electron chi connectivity index (χ2n) is 8.68. The molecule has 7 nitrogen and oxygen atoms in total. The van der Waals surface area contributed by atoms with E-state index < -0.39 is 0 Å². The molecule has 0 radical (unpaired) electrons. The van der Waals surface area contributed by atoms with Gasteiger partial charge in [0, 0.05) is 18.4 Å². The Hall–Kier alpha value is -2.18. The van der Waals surface area contributed by atoms with Crippen LogP contribution < -0.4 is 11.2 Å². The topological polar surface area (TPSA) is 101 Å². The van der Waals surface area contributed by atoms with E-state index in [0.29, 0.717) is 29.5 Å². The minimum Gasteiger partial charge on any atom is -0.336 e. The lowest BCUT2D eigenvalue weighted by Gasteiger charge is -2.52. The third-order valence-electron chi connectivity index (χ3n) is 6.99. The zero-order valence-electron chi connectivity index (χ0n) is 16.2. The van der Waals surface area contributed by atoms with E-state index in [1.54, 1.807) is 11.5 Å². The van der Waals surface area contributed by atoms with E-state index in [1.807, 2.05) is 6.92 Å². The molecule has 2 aromatic heterocycles. The minimum absolute atomic E-state index is 0.0312. The van der Waals surface area contributed by atoms with Crippen molar-refractivity contribution in [3.05, 3.63) is 26.7 Å². The van der Waals surface area contributed by atoms with Gasteiger partial charge in [-0.25, -0.2) is 9.78 Å². The zero-order chi connectivity index (χ0) is 19.2. The Morgan fingerprint density at radius 3 is 2.37 bits per heavy atom. The normalized spacial score (nSPS) is 27.3. The van der Waals surface area contributed by atoms with Gasteiger partial charge in [-0.2, -0.15) is 0 Å². The number of nitrogens with zero attached hydrogens (tertiary/aromatic N) is 2. The van der Waals surface area contributed by atoms with Gasteiger partial charge < -0.3 is 9.78 Å². The first-order valence-corrected chi connectivity index (χ1v) is 10.1. The van der Waals surface area contributed by atoms with E-state index in [1.165, 1.54) is 0 Å². The summed E-state index contributed by atoms with van der Waals surface area (Å²) in [6.07, 6.45) is 8.87. The molecule has 0 saturated heterocycles. The van der Waals surface area contributed by atoms with E-state index in [9.17, 15) is 14.4 Å². The van der Waals surface area contributed by atoms with Crippen molar-refractivity contribution in [1.82, 2.24) is 19.5 Å². The quantitative estimate of drug-likeness (QED) is 0.814. The van der Waals surface area contributed by atoms with Crippen LogP contribution in [-0.4, -0.2) is 25.3 Å². The van der Waals surface area contributed by atoms with Gasteiger partial charge in [-0.15, -0.1) is 0 Å². The van der Waals surface area contributed by atoms with Crippen LogP contribution in [0.25, 0.3) is 11.2 Å². The lowest BCUT2D eigenvalue weighted by Crippen LogP contribution is -2.44. The molecule has 0 spiro atoms. The number of nitrogens with one attached hydrogen (secondary N) is 2. The molecule has 0 atom stereocenters. The van der Waals surface area contributed by atoms with Gasteiger partial charge in [0.2, 0.25) is 0 Å². The Labute approximate surface area is 157 Å². The number of carbonyl (C=O) groups excluding carboxylic acids is 1. The summed E-state index contributed by atoms with van der Waals surface area (Å²) in [5.41, 5.74) is 0.387. The Bertz CT molecular complexity index is 972. The first kappa shape index (κ1) is 18.2. The summed E-state index contributed by atoms with van der Waals surface area (Å²) in [6, 6.07) is 0. The highest BCUT2D eigenvalue weighted by Crippen LogP contribution is 2.58. The monoisotopic (exact) mass is 372 g/mol. The van der Waals surface area contributed by atoms with Gasteiger partial charge in [0.05, 0.1) is 0 Å². The molecule has 3 saturated carbocycles. The van der Waals surface area contributed by atoms with E-state index in [0.717, 1.165) is 57.2 Å².